The molecule has 1 rings (SSSR count). The lowest BCUT2D eigenvalue weighted by Gasteiger charge is -2.27. The molecular weight excluding hydrogens is 366 g/mol. The van der Waals surface area contributed by atoms with Crippen LogP contribution in [0.4, 0.5) is 4.79 Å². The van der Waals surface area contributed by atoms with Gasteiger partial charge in [-0.3, -0.25) is 14.5 Å². The van der Waals surface area contributed by atoms with Crippen molar-refractivity contribution in [1.29, 1.82) is 0 Å². The van der Waals surface area contributed by atoms with E-state index in [4.69, 9.17) is 9.47 Å². The molecule has 1 unspecified atom stereocenters. The van der Waals surface area contributed by atoms with Gasteiger partial charge in [-0.05, 0) is 40.0 Å². The second-order valence-corrected chi connectivity index (χ2v) is 7.92. The van der Waals surface area contributed by atoms with Gasteiger partial charge in [-0.1, -0.05) is 13.8 Å². The molecule has 1 aliphatic rings. The molecule has 0 saturated carbocycles. The maximum atomic E-state index is 12.4. The van der Waals surface area contributed by atoms with Crippen LogP contribution in [0.15, 0.2) is 0 Å². The largest absolute Gasteiger partial charge is 0.454 e. The molecule has 0 bridgehead atoms. The molecule has 1 saturated heterocycles. The van der Waals surface area contributed by atoms with Crippen LogP contribution >= 0.6 is 0 Å². The summed E-state index contributed by atoms with van der Waals surface area (Å²) in [4.78, 5) is 49.8. The lowest BCUT2D eigenvalue weighted by atomic mass is 9.98. The summed E-state index contributed by atoms with van der Waals surface area (Å²) in [6, 6.07) is -1.12. The second kappa shape index (κ2) is 10.3. The van der Waals surface area contributed by atoms with Gasteiger partial charge in [0.25, 0.3) is 5.91 Å². The summed E-state index contributed by atoms with van der Waals surface area (Å²) in [5.74, 6) is -1.71. The van der Waals surface area contributed by atoms with Crippen LogP contribution in [0.25, 0.3) is 0 Å². The Morgan fingerprint density at radius 2 is 1.86 bits per heavy atom. The third-order valence-electron chi connectivity index (χ3n) is 4.55. The fourth-order valence-corrected chi connectivity index (χ4v) is 3.02. The first kappa shape index (κ1) is 23.7. The van der Waals surface area contributed by atoms with Gasteiger partial charge in [0.2, 0.25) is 5.91 Å². The van der Waals surface area contributed by atoms with Crippen LogP contribution in [-0.4, -0.2) is 66.7 Å². The fourth-order valence-electron chi connectivity index (χ4n) is 3.02. The molecule has 0 aromatic rings. The molecule has 28 heavy (non-hydrogen) atoms. The molecular formula is C19H33N3O6. The van der Waals surface area contributed by atoms with Gasteiger partial charge < -0.3 is 20.1 Å². The molecule has 9 heteroatoms. The number of ether oxygens (including phenoxy) is 2. The summed E-state index contributed by atoms with van der Waals surface area (Å²) < 4.78 is 10.4. The van der Waals surface area contributed by atoms with E-state index in [1.165, 1.54) is 11.9 Å². The maximum absolute atomic E-state index is 12.4. The van der Waals surface area contributed by atoms with E-state index in [-0.39, 0.29) is 11.9 Å². The highest BCUT2D eigenvalue weighted by Gasteiger charge is 2.38. The first-order valence-electron chi connectivity index (χ1n) is 9.67. The number of nitrogens with zero attached hydrogens (tertiary/aromatic N) is 1. The van der Waals surface area contributed by atoms with E-state index < -0.39 is 42.1 Å². The fraction of sp³-hybridized carbons (Fsp3) is 0.789. The lowest BCUT2D eigenvalue weighted by molar-refractivity contribution is -0.153. The number of likely N-dealkylation sites (tertiary alicyclic amines) is 1. The molecule has 1 fully saturated rings. The Morgan fingerprint density at radius 3 is 2.39 bits per heavy atom. The number of amides is 3. The van der Waals surface area contributed by atoms with E-state index in [1.807, 2.05) is 6.92 Å². The molecule has 2 N–H and O–H groups in total. The SMILES string of the molecule is CCC(NC(=O)COC(=O)[C@H]1CCCN1C(=O)OC(C)(C)C)[C@H](C)C(=O)NC. The van der Waals surface area contributed by atoms with Crippen LogP contribution in [0.3, 0.4) is 0 Å². The van der Waals surface area contributed by atoms with Gasteiger partial charge in [-0.25, -0.2) is 9.59 Å². The number of nitrogens with one attached hydrogen (secondary N) is 2. The number of hydrogen-bond donors (Lipinski definition) is 2. The van der Waals surface area contributed by atoms with E-state index in [1.54, 1.807) is 27.7 Å². The maximum Gasteiger partial charge on any atom is 0.411 e. The summed E-state index contributed by atoms with van der Waals surface area (Å²) in [6.45, 7) is 8.77. The van der Waals surface area contributed by atoms with Crippen LogP contribution < -0.4 is 10.6 Å². The smallest absolute Gasteiger partial charge is 0.411 e. The molecule has 1 aliphatic heterocycles. The van der Waals surface area contributed by atoms with Crippen molar-refractivity contribution in [2.24, 2.45) is 5.92 Å². The van der Waals surface area contributed by atoms with Crippen molar-refractivity contribution in [2.45, 2.75) is 71.6 Å². The van der Waals surface area contributed by atoms with E-state index >= 15 is 0 Å². The third-order valence-corrected chi connectivity index (χ3v) is 4.55. The number of rotatable bonds is 7. The van der Waals surface area contributed by atoms with Crippen molar-refractivity contribution in [3.8, 4) is 0 Å². The van der Waals surface area contributed by atoms with Crippen molar-refractivity contribution in [1.82, 2.24) is 15.5 Å². The van der Waals surface area contributed by atoms with Crippen LogP contribution in [0.5, 0.6) is 0 Å². The molecule has 1 heterocycles. The molecule has 0 radical (unpaired) electrons. The first-order valence-corrected chi connectivity index (χ1v) is 9.67. The van der Waals surface area contributed by atoms with E-state index in [9.17, 15) is 19.2 Å². The highest BCUT2D eigenvalue weighted by molar-refractivity contribution is 5.86. The highest BCUT2D eigenvalue weighted by atomic mass is 16.6. The van der Waals surface area contributed by atoms with Crippen LogP contribution in [0.2, 0.25) is 0 Å². The van der Waals surface area contributed by atoms with Crippen molar-refractivity contribution in [3.05, 3.63) is 0 Å². The van der Waals surface area contributed by atoms with Gasteiger partial charge in [0.15, 0.2) is 6.61 Å². The van der Waals surface area contributed by atoms with Crippen molar-refractivity contribution < 1.29 is 28.7 Å². The summed E-state index contributed by atoms with van der Waals surface area (Å²) in [5, 5.41) is 5.26. The van der Waals surface area contributed by atoms with E-state index in [0.717, 1.165) is 0 Å². The Kier molecular flexibility index (Phi) is 8.71. The Labute approximate surface area is 166 Å². The van der Waals surface area contributed by atoms with Crippen molar-refractivity contribution in [3.63, 3.8) is 0 Å². The van der Waals surface area contributed by atoms with Crippen molar-refractivity contribution >= 4 is 23.9 Å². The molecule has 0 aliphatic carbocycles. The molecule has 3 atom stereocenters. The summed E-state index contributed by atoms with van der Waals surface area (Å²) in [7, 11) is 1.53. The average Bonchev–Trinajstić information content (AvgIpc) is 3.11. The molecule has 0 aromatic carbocycles. The summed E-state index contributed by atoms with van der Waals surface area (Å²) in [5.41, 5.74) is -0.662. The Hall–Kier alpha value is -2.32. The molecule has 0 aromatic heterocycles. The molecule has 3 amide bonds. The molecule has 160 valence electrons. The average molecular weight is 399 g/mol. The quantitative estimate of drug-likeness (QED) is 0.622. The van der Waals surface area contributed by atoms with Gasteiger partial charge in [-0.2, -0.15) is 0 Å². The Balaban J connectivity index is 2.57. The van der Waals surface area contributed by atoms with Gasteiger partial charge >= 0.3 is 12.1 Å². The van der Waals surface area contributed by atoms with E-state index in [2.05, 4.69) is 10.6 Å². The minimum absolute atomic E-state index is 0.178. The number of esters is 1. The zero-order valence-electron chi connectivity index (χ0n) is 17.7. The normalized spacial score (nSPS) is 18.8. The summed E-state index contributed by atoms with van der Waals surface area (Å²) >= 11 is 0. The minimum Gasteiger partial charge on any atom is -0.454 e. The van der Waals surface area contributed by atoms with Crippen LogP contribution in [-0.2, 0) is 23.9 Å². The number of carbonyl (C=O) groups is 4. The third kappa shape index (κ3) is 7.01. The predicted octanol–water partition coefficient (Wildman–Crippen LogP) is 1.21. The molecule has 9 nitrogen and oxygen atoms in total. The minimum atomic E-state index is -0.755. The Bertz CT molecular complexity index is 587. The van der Waals surface area contributed by atoms with Crippen molar-refractivity contribution in [2.75, 3.05) is 20.2 Å². The zero-order valence-corrected chi connectivity index (χ0v) is 17.7. The second-order valence-electron chi connectivity index (χ2n) is 7.92. The van der Waals surface area contributed by atoms with Gasteiger partial charge in [0.1, 0.15) is 11.6 Å². The number of carbonyl (C=O) groups excluding carboxylic acids is 4. The monoisotopic (exact) mass is 399 g/mol. The molecule has 0 spiro atoms. The van der Waals surface area contributed by atoms with Crippen LogP contribution in [0.1, 0.15) is 53.9 Å². The van der Waals surface area contributed by atoms with Gasteiger partial charge in [0.05, 0.1) is 5.92 Å². The standard InChI is InChI=1S/C19H33N3O6/c1-7-13(12(2)16(24)20-6)21-15(23)11-27-17(25)14-9-8-10-22(14)18(26)28-19(3,4)5/h12-14H,7-11H2,1-6H3,(H,20,24)(H,21,23)/t12-,13?,14+/m0/s1. The lowest BCUT2D eigenvalue weighted by Crippen LogP contribution is -2.47. The predicted molar refractivity (Wildman–Crippen MR) is 102 cm³/mol. The highest BCUT2D eigenvalue weighted by Crippen LogP contribution is 2.21. The van der Waals surface area contributed by atoms with Gasteiger partial charge in [0, 0.05) is 19.6 Å². The van der Waals surface area contributed by atoms with Crippen LogP contribution in [0, 0.1) is 5.92 Å². The zero-order chi connectivity index (χ0) is 21.5. The Morgan fingerprint density at radius 1 is 1.21 bits per heavy atom. The van der Waals surface area contributed by atoms with Gasteiger partial charge in [-0.15, -0.1) is 0 Å². The number of hydrogen-bond acceptors (Lipinski definition) is 6. The first-order chi connectivity index (χ1) is 13.0. The topological polar surface area (TPSA) is 114 Å². The van der Waals surface area contributed by atoms with E-state index in [0.29, 0.717) is 25.8 Å². The summed E-state index contributed by atoms with van der Waals surface area (Å²) in [6.07, 6.45) is 1.11.